The Kier molecular flexibility index (Phi) is 5.13. The number of aryl methyl sites for hydroxylation is 1. The molecule has 0 bridgehead atoms. The average Bonchev–Trinajstić information content (AvgIpc) is 2.45. The Labute approximate surface area is 115 Å². The molecule has 19 heavy (non-hydrogen) atoms. The first-order valence-electron chi connectivity index (χ1n) is 6.53. The third-order valence-corrected chi connectivity index (χ3v) is 3.11. The molecule has 2 aromatic carbocycles. The summed E-state index contributed by atoms with van der Waals surface area (Å²) in [7, 11) is 1.68. The van der Waals surface area contributed by atoms with E-state index in [9.17, 15) is 0 Å². The maximum atomic E-state index is 5.50. The summed E-state index contributed by atoms with van der Waals surface area (Å²) in [6.07, 6.45) is 0. The van der Waals surface area contributed by atoms with Crippen LogP contribution in [-0.2, 0) is 16.1 Å². The molecule has 0 atom stereocenters. The molecule has 2 aromatic rings. The molecule has 0 aliphatic carbocycles. The van der Waals surface area contributed by atoms with Crippen molar-refractivity contribution < 1.29 is 9.47 Å². The molecule has 0 saturated carbocycles. The van der Waals surface area contributed by atoms with Crippen LogP contribution in [-0.4, -0.2) is 20.3 Å². The summed E-state index contributed by atoms with van der Waals surface area (Å²) in [6, 6.07) is 17.0. The van der Waals surface area contributed by atoms with E-state index >= 15 is 0 Å². The van der Waals surface area contributed by atoms with Crippen LogP contribution >= 0.6 is 0 Å². The van der Waals surface area contributed by atoms with Gasteiger partial charge >= 0.3 is 0 Å². The minimum absolute atomic E-state index is 0.635. The van der Waals surface area contributed by atoms with Gasteiger partial charge in [0.25, 0.3) is 0 Å². The quantitative estimate of drug-likeness (QED) is 0.731. The molecule has 0 unspecified atom stereocenters. The van der Waals surface area contributed by atoms with Gasteiger partial charge in [-0.2, -0.15) is 0 Å². The molecule has 0 saturated heterocycles. The molecule has 0 N–H and O–H groups in total. The van der Waals surface area contributed by atoms with Crippen LogP contribution in [0.3, 0.4) is 0 Å². The molecule has 0 heterocycles. The first-order valence-corrected chi connectivity index (χ1v) is 6.53. The number of hydrogen-bond acceptors (Lipinski definition) is 2. The zero-order valence-electron chi connectivity index (χ0n) is 11.6. The molecule has 2 rings (SSSR count). The fourth-order valence-electron chi connectivity index (χ4n) is 2.01. The van der Waals surface area contributed by atoms with Gasteiger partial charge in [0.15, 0.2) is 0 Å². The lowest BCUT2D eigenvalue weighted by molar-refractivity contribution is 0.0617. The van der Waals surface area contributed by atoms with Gasteiger partial charge < -0.3 is 9.47 Å². The highest BCUT2D eigenvalue weighted by molar-refractivity contribution is 5.67. The maximum absolute atomic E-state index is 5.50. The van der Waals surface area contributed by atoms with Crippen LogP contribution in [0.5, 0.6) is 0 Å². The van der Waals surface area contributed by atoms with Crippen molar-refractivity contribution in [2.45, 2.75) is 13.5 Å². The van der Waals surface area contributed by atoms with Gasteiger partial charge in [-0.15, -0.1) is 0 Å². The van der Waals surface area contributed by atoms with Crippen molar-refractivity contribution in [1.29, 1.82) is 0 Å². The fourth-order valence-corrected chi connectivity index (χ4v) is 2.01. The van der Waals surface area contributed by atoms with Crippen molar-refractivity contribution in [2.75, 3.05) is 20.3 Å². The molecule has 0 aliphatic rings. The molecule has 0 fully saturated rings. The predicted octanol–water partition coefficient (Wildman–Crippen LogP) is 3.83. The van der Waals surface area contributed by atoms with Gasteiger partial charge in [0, 0.05) is 7.11 Å². The molecule has 100 valence electrons. The summed E-state index contributed by atoms with van der Waals surface area (Å²) >= 11 is 0. The van der Waals surface area contributed by atoms with E-state index in [4.69, 9.17) is 9.47 Å². The Morgan fingerprint density at radius 3 is 2.32 bits per heavy atom. The highest BCUT2D eigenvalue weighted by atomic mass is 16.5. The van der Waals surface area contributed by atoms with Gasteiger partial charge in [-0.3, -0.25) is 0 Å². The zero-order valence-corrected chi connectivity index (χ0v) is 11.6. The summed E-state index contributed by atoms with van der Waals surface area (Å²) in [4.78, 5) is 0. The van der Waals surface area contributed by atoms with Crippen LogP contribution in [0.25, 0.3) is 11.1 Å². The first-order chi connectivity index (χ1) is 9.31. The standard InChI is InChI=1S/C17H20O2/c1-14-5-3-4-6-17(14)16-9-7-15(8-10-16)13-19-12-11-18-2/h3-10H,11-13H2,1-2H3. The Bertz CT molecular complexity index is 503. The van der Waals surface area contributed by atoms with Crippen LogP contribution in [0.1, 0.15) is 11.1 Å². The van der Waals surface area contributed by atoms with Crippen LogP contribution in [0.2, 0.25) is 0 Å². The Hall–Kier alpha value is -1.64. The average molecular weight is 256 g/mol. The van der Waals surface area contributed by atoms with Crippen LogP contribution < -0.4 is 0 Å². The molecule has 0 radical (unpaired) electrons. The summed E-state index contributed by atoms with van der Waals surface area (Å²) in [5.41, 5.74) is 5.02. The van der Waals surface area contributed by atoms with E-state index in [-0.39, 0.29) is 0 Å². The molecular weight excluding hydrogens is 236 g/mol. The van der Waals surface area contributed by atoms with E-state index < -0.39 is 0 Å². The number of benzene rings is 2. The molecule has 0 spiro atoms. The summed E-state index contributed by atoms with van der Waals surface area (Å²) in [6.45, 7) is 4.05. The molecule has 2 nitrogen and oxygen atoms in total. The van der Waals surface area contributed by atoms with Crippen molar-refractivity contribution in [3.05, 3.63) is 59.7 Å². The Balaban J connectivity index is 2.01. The number of rotatable bonds is 6. The van der Waals surface area contributed by atoms with Crippen LogP contribution in [0.4, 0.5) is 0 Å². The third kappa shape index (κ3) is 3.91. The third-order valence-electron chi connectivity index (χ3n) is 3.11. The van der Waals surface area contributed by atoms with Gasteiger partial charge in [0.2, 0.25) is 0 Å². The topological polar surface area (TPSA) is 18.5 Å². The monoisotopic (exact) mass is 256 g/mol. The van der Waals surface area contributed by atoms with E-state index in [1.807, 2.05) is 0 Å². The summed E-state index contributed by atoms with van der Waals surface area (Å²) in [5, 5.41) is 0. The predicted molar refractivity (Wildman–Crippen MR) is 78.1 cm³/mol. The van der Waals surface area contributed by atoms with Crippen LogP contribution in [0, 0.1) is 6.92 Å². The normalized spacial score (nSPS) is 10.6. The van der Waals surface area contributed by atoms with Gasteiger partial charge in [-0.1, -0.05) is 48.5 Å². The first kappa shape index (κ1) is 13.8. The minimum Gasteiger partial charge on any atom is -0.382 e. The van der Waals surface area contributed by atoms with Crippen molar-refractivity contribution in [1.82, 2.24) is 0 Å². The second kappa shape index (κ2) is 7.07. The van der Waals surface area contributed by atoms with Gasteiger partial charge in [0.05, 0.1) is 19.8 Å². The number of ether oxygens (including phenoxy) is 2. The van der Waals surface area contributed by atoms with E-state index in [2.05, 4.69) is 55.5 Å². The highest BCUT2D eigenvalue weighted by Crippen LogP contribution is 2.23. The van der Waals surface area contributed by atoms with E-state index in [1.165, 1.54) is 22.3 Å². The van der Waals surface area contributed by atoms with E-state index in [0.717, 1.165) is 0 Å². The van der Waals surface area contributed by atoms with Crippen LogP contribution in [0.15, 0.2) is 48.5 Å². The fraction of sp³-hybridized carbons (Fsp3) is 0.294. The molecule has 0 aliphatic heterocycles. The number of methoxy groups -OCH3 is 1. The van der Waals surface area contributed by atoms with E-state index in [0.29, 0.717) is 19.8 Å². The summed E-state index contributed by atoms with van der Waals surface area (Å²) < 4.78 is 10.4. The SMILES string of the molecule is COCCOCc1ccc(-c2ccccc2C)cc1. The molecular formula is C17H20O2. The smallest absolute Gasteiger partial charge is 0.0718 e. The highest BCUT2D eigenvalue weighted by Gasteiger charge is 2.01. The lowest BCUT2D eigenvalue weighted by Gasteiger charge is -2.08. The zero-order chi connectivity index (χ0) is 13.5. The van der Waals surface area contributed by atoms with Gasteiger partial charge in [0.1, 0.15) is 0 Å². The lowest BCUT2D eigenvalue weighted by Crippen LogP contribution is -2.01. The van der Waals surface area contributed by atoms with Gasteiger partial charge in [-0.05, 0) is 29.2 Å². The van der Waals surface area contributed by atoms with Crippen molar-refractivity contribution in [2.24, 2.45) is 0 Å². The van der Waals surface area contributed by atoms with Gasteiger partial charge in [-0.25, -0.2) is 0 Å². The molecule has 2 heteroatoms. The number of hydrogen-bond donors (Lipinski definition) is 0. The van der Waals surface area contributed by atoms with E-state index in [1.54, 1.807) is 7.11 Å². The lowest BCUT2D eigenvalue weighted by atomic mass is 10.00. The van der Waals surface area contributed by atoms with Crippen molar-refractivity contribution in [3.8, 4) is 11.1 Å². The largest absolute Gasteiger partial charge is 0.382 e. The minimum atomic E-state index is 0.635. The molecule has 0 aromatic heterocycles. The second-order valence-electron chi connectivity index (χ2n) is 4.56. The van der Waals surface area contributed by atoms with Crippen molar-refractivity contribution >= 4 is 0 Å². The maximum Gasteiger partial charge on any atom is 0.0718 e. The molecule has 0 amide bonds. The summed E-state index contributed by atoms with van der Waals surface area (Å²) in [5.74, 6) is 0. The Morgan fingerprint density at radius 2 is 1.63 bits per heavy atom. The Morgan fingerprint density at radius 1 is 0.895 bits per heavy atom. The second-order valence-corrected chi connectivity index (χ2v) is 4.56. The van der Waals surface area contributed by atoms with Crippen molar-refractivity contribution in [3.63, 3.8) is 0 Å².